The van der Waals surface area contributed by atoms with Gasteiger partial charge in [0.15, 0.2) is 8.83 Å². The second-order valence-electron chi connectivity index (χ2n) is 4.64. The predicted octanol–water partition coefficient (Wildman–Crippen LogP) is 4.18. The summed E-state index contributed by atoms with van der Waals surface area (Å²) < 4.78 is 7.29. The zero-order chi connectivity index (χ0) is 15.7. The van der Waals surface area contributed by atoms with E-state index in [9.17, 15) is 4.79 Å². The van der Waals surface area contributed by atoms with Gasteiger partial charge in [0.1, 0.15) is 5.82 Å². The maximum atomic E-state index is 12.0. The maximum absolute atomic E-state index is 12.0. The van der Waals surface area contributed by atoms with Crippen LogP contribution in [0, 0.1) is 3.95 Å². The highest BCUT2D eigenvalue weighted by Gasteiger charge is 2.19. The molecule has 0 fully saturated rings. The fraction of sp³-hybridized carbons (Fsp3) is 0.125. The molecule has 112 valence electrons. The number of anilines is 1. The molecule has 0 aliphatic heterocycles. The van der Waals surface area contributed by atoms with Gasteiger partial charge in [-0.2, -0.15) is 0 Å². The average molecular weight is 330 g/mol. The van der Waals surface area contributed by atoms with Gasteiger partial charge >= 0.3 is 5.97 Å². The molecule has 1 aromatic heterocycles. The number of esters is 1. The van der Waals surface area contributed by atoms with Gasteiger partial charge in [-0.15, -0.1) is 0 Å². The third-order valence-corrected chi connectivity index (χ3v) is 4.68. The molecule has 4 nitrogen and oxygen atoms in total. The number of nitrogen functional groups attached to an aromatic ring is 1. The number of thiazole rings is 1. The van der Waals surface area contributed by atoms with Crippen LogP contribution >= 0.6 is 23.6 Å². The Morgan fingerprint density at radius 1 is 1.27 bits per heavy atom. The predicted molar refractivity (Wildman–Crippen MR) is 92.4 cm³/mol. The molecule has 0 atom stereocenters. The van der Waals surface area contributed by atoms with Crippen molar-refractivity contribution < 1.29 is 9.53 Å². The minimum atomic E-state index is -0.435. The summed E-state index contributed by atoms with van der Waals surface area (Å²) in [6.07, 6.45) is 0. The molecule has 0 saturated heterocycles. The summed E-state index contributed by atoms with van der Waals surface area (Å²) >= 11 is 6.57. The molecule has 2 N–H and O–H groups in total. The van der Waals surface area contributed by atoms with Crippen LogP contribution in [0.3, 0.4) is 0 Å². The molecule has 0 bridgehead atoms. The number of nitrogens with zero attached hydrogens (tertiary/aromatic N) is 1. The van der Waals surface area contributed by atoms with E-state index in [0.717, 1.165) is 16.5 Å². The first kappa shape index (κ1) is 14.7. The molecule has 6 heteroatoms. The zero-order valence-corrected chi connectivity index (χ0v) is 13.5. The van der Waals surface area contributed by atoms with E-state index >= 15 is 0 Å². The van der Waals surface area contributed by atoms with Gasteiger partial charge in [-0.3, -0.25) is 4.57 Å². The second-order valence-corrected chi connectivity index (χ2v) is 6.28. The van der Waals surface area contributed by atoms with E-state index < -0.39 is 5.97 Å². The number of ether oxygens (including phenoxy) is 1. The third-order valence-electron chi connectivity index (χ3n) is 3.31. The van der Waals surface area contributed by atoms with Gasteiger partial charge in [-0.1, -0.05) is 47.7 Å². The van der Waals surface area contributed by atoms with E-state index in [1.165, 1.54) is 11.3 Å². The van der Waals surface area contributed by atoms with Crippen molar-refractivity contribution in [2.24, 2.45) is 0 Å². The van der Waals surface area contributed by atoms with Crippen LogP contribution in [0.15, 0.2) is 42.5 Å². The normalized spacial score (nSPS) is 10.8. The first-order valence-corrected chi connectivity index (χ1v) is 8.02. The maximum Gasteiger partial charge on any atom is 0.352 e. The van der Waals surface area contributed by atoms with Crippen LogP contribution in [0.25, 0.3) is 16.5 Å². The summed E-state index contributed by atoms with van der Waals surface area (Å²) in [6, 6.07) is 13.9. The van der Waals surface area contributed by atoms with Gasteiger partial charge in [-0.25, -0.2) is 4.79 Å². The van der Waals surface area contributed by atoms with Crippen molar-refractivity contribution in [1.82, 2.24) is 4.57 Å². The van der Waals surface area contributed by atoms with Crippen LogP contribution in [-0.2, 0) is 4.74 Å². The first-order valence-electron chi connectivity index (χ1n) is 6.80. The van der Waals surface area contributed by atoms with Crippen LogP contribution in [0.1, 0.15) is 16.6 Å². The number of carbonyl (C=O) groups is 1. The summed E-state index contributed by atoms with van der Waals surface area (Å²) in [6.45, 7) is 2.06. The van der Waals surface area contributed by atoms with Gasteiger partial charge in [0.2, 0.25) is 0 Å². The van der Waals surface area contributed by atoms with Gasteiger partial charge in [0, 0.05) is 5.39 Å². The minimum Gasteiger partial charge on any atom is -0.462 e. The van der Waals surface area contributed by atoms with Crippen molar-refractivity contribution in [1.29, 1.82) is 0 Å². The summed E-state index contributed by atoms with van der Waals surface area (Å²) in [7, 11) is 0. The van der Waals surface area contributed by atoms with E-state index in [-0.39, 0.29) is 0 Å². The quantitative estimate of drug-likeness (QED) is 0.578. The van der Waals surface area contributed by atoms with E-state index in [0.29, 0.717) is 21.3 Å². The lowest BCUT2D eigenvalue weighted by Gasteiger charge is -2.10. The molecule has 1 heterocycles. The molecular weight excluding hydrogens is 316 g/mol. The number of carbonyl (C=O) groups excluding carboxylic acids is 1. The SMILES string of the molecule is CCOC(=O)c1sc(=S)n(-c2cccc3ccccc23)c1N. The highest BCUT2D eigenvalue weighted by atomic mass is 32.1. The molecule has 3 rings (SSSR count). The standard InChI is InChI=1S/C16H14N2O2S2/c1-2-20-15(19)13-14(17)18(16(21)22-13)12-9-5-7-10-6-3-4-8-11(10)12/h3-9H,2,17H2,1H3. The summed E-state index contributed by atoms with van der Waals surface area (Å²) in [5.41, 5.74) is 7.03. The third kappa shape index (κ3) is 2.40. The number of rotatable bonds is 3. The molecule has 0 amide bonds. The minimum absolute atomic E-state index is 0.303. The number of nitrogens with two attached hydrogens (primary N) is 1. The highest BCUT2D eigenvalue weighted by molar-refractivity contribution is 7.73. The molecule has 0 saturated carbocycles. The fourth-order valence-electron chi connectivity index (χ4n) is 2.36. The Morgan fingerprint density at radius 2 is 2.00 bits per heavy atom. The molecular formula is C16H14N2O2S2. The number of aromatic nitrogens is 1. The number of fused-ring (bicyclic) bond motifs is 1. The number of benzene rings is 2. The van der Waals surface area contributed by atoms with Crippen molar-refractivity contribution in [3.05, 3.63) is 51.3 Å². The molecule has 0 unspecified atom stereocenters. The Balaban J connectivity index is 2.24. The number of hydrogen-bond acceptors (Lipinski definition) is 5. The van der Waals surface area contributed by atoms with Crippen LogP contribution in [0.2, 0.25) is 0 Å². The summed E-state index contributed by atoms with van der Waals surface area (Å²) in [5.74, 6) is -0.111. The van der Waals surface area contributed by atoms with Crippen LogP contribution in [-0.4, -0.2) is 17.1 Å². The lowest BCUT2D eigenvalue weighted by Crippen LogP contribution is -2.08. The smallest absolute Gasteiger partial charge is 0.352 e. The van der Waals surface area contributed by atoms with Crippen LogP contribution in [0.4, 0.5) is 5.82 Å². The Kier molecular flexibility index (Phi) is 3.96. The van der Waals surface area contributed by atoms with Crippen LogP contribution in [0.5, 0.6) is 0 Å². The summed E-state index contributed by atoms with van der Waals surface area (Å²) in [4.78, 5) is 12.3. The molecule has 22 heavy (non-hydrogen) atoms. The lowest BCUT2D eigenvalue weighted by atomic mass is 10.1. The Hall–Kier alpha value is -2.18. The van der Waals surface area contributed by atoms with E-state index in [1.807, 2.05) is 42.5 Å². The van der Waals surface area contributed by atoms with Gasteiger partial charge in [0.25, 0.3) is 0 Å². The average Bonchev–Trinajstić information content (AvgIpc) is 2.82. The molecule has 3 aromatic rings. The Labute approximate surface area is 136 Å². The van der Waals surface area contributed by atoms with Crippen molar-refractivity contribution in [2.45, 2.75) is 6.92 Å². The second kappa shape index (κ2) is 5.90. The first-order chi connectivity index (χ1) is 10.6. The van der Waals surface area contributed by atoms with Crippen LogP contribution < -0.4 is 5.73 Å². The molecule has 0 radical (unpaired) electrons. The fourth-order valence-corrected chi connectivity index (χ4v) is 3.61. The molecule has 0 aliphatic carbocycles. The number of hydrogen-bond donors (Lipinski definition) is 1. The topological polar surface area (TPSA) is 57.2 Å². The van der Waals surface area contributed by atoms with Gasteiger partial charge in [0.05, 0.1) is 12.3 Å². The van der Waals surface area contributed by atoms with E-state index in [1.54, 1.807) is 11.5 Å². The van der Waals surface area contributed by atoms with Gasteiger partial charge < -0.3 is 10.5 Å². The van der Waals surface area contributed by atoms with Crippen molar-refractivity contribution >= 4 is 46.1 Å². The monoisotopic (exact) mass is 330 g/mol. The molecule has 0 aliphatic rings. The van der Waals surface area contributed by atoms with Crippen molar-refractivity contribution in [2.75, 3.05) is 12.3 Å². The van der Waals surface area contributed by atoms with Crippen molar-refractivity contribution in [3.8, 4) is 5.69 Å². The van der Waals surface area contributed by atoms with Gasteiger partial charge in [-0.05, 0) is 30.6 Å². The zero-order valence-electron chi connectivity index (χ0n) is 11.9. The summed E-state index contributed by atoms with van der Waals surface area (Å²) in [5, 5.41) is 2.12. The van der Waals surface area contributed by atoms with E-state index in [4.69, 9.17) is 22.7 Å². The van der Waals surface area contributed by atoms with E-state index in [2.05, 4.69) is 0 Å². The Bertz CT molecular complexity index is 907. The Morgan fingerprint density at radius 3 is 2.77 bits per heavy atom. The molecule has 0 spiro atoms. The lowest BCUT2D eigenvalue weighted by molar-refractivity contribution is 0.0533. The van der Waals surface area contributed by atoms with Crippen molar-refractivity contribution in [3.63, 3.8) is 0 Å². The molecule has 2 aromatic carbocycles. The largest absolute Gasteiger partial charge is 0.462 e. The highest BCUT2D eigenvalue weighted by Crippen LogP contribution is 2.30.